The zero-order valence-corrected chi connectivity index (χ0v) is 14.0. The highest BCUT2D eigenvalue weighted by Crippen LogP contribution is 2.22. The summed E-state index contributed by atoms with van der Waals surface area (Å²) >= 11 is 0. The van der Waals surface area contributed by atoms with Crippen molar-refractivity contribution < 1.29 is 18.3 Å². The first-order chi connectivity index (χ1) is 11.6. The SMILES string of the molecule is CN(C(=O)c1c(F)cccc1F)C1CCN(C[C@H]2CCOC2)CC1. The third-order valence-electron chi connectivity index (χ3n) is 5.14. The summed E-state index contributed by atoms with van der Waals surface area (Å²) in [6.07, 6.45) is 2.77. The smallest absolute Gasteiger partial charge is 0.259 e. The lowest BCUT2D eigenvalue weighted by molar-refractivity contribution is 0.0616. The van der Waals surface area contributed by atoms with Gasteiger partial charge in [-0.15, -0.1) is 0 Å². The molecule has 0 aliphatic carbocycles. The molecule has 0 radical (unpaired) electrons. The second-order valence-corrected chi connectivity index (χ2v) is 6.77. The van der Waals surface area contributed by atoms with Crippen LogP contribution in [0, 0.1) is 17.6 Å². The summed E-state index contributed by atoms with van der Waals surface area (Å²) in [5.74, 6) is -1.57. The van der Waals surface area contributed by atoms with Gasteiger partial charge in [0.15, 0.2) is 0 Å². The normalized spacial score (nSPS) is 22.7. The molecule has 2 aliphatic heterocycles. The molecule has 2 fully saturated rings. The maximum absolute atomic E-state index is 13.8. The lowest BCUT2D eigenvalue weighted by Crippen LogP contribution is -2.47. The van der Waals surface area contributed by atoms with E-state index >= 15 is 0 Å². The van der Waals surface area contributed by atoms with Crippen molar-refractivity contribution in [3.63, 3.8) is 0 Å². The third kappa shape index (κ3) is 3.75. The number of ether oxygens (including phenoxy) is 1. The minimum Gasteiger partial charge on any atom is -0.381 e. The van der Waals surface area contributed by atoms with Gasteiger partial charge in [0.2, 0.25) is 0 Å². The van der Waals surface area contributed by atoms with E-state index in [4.69, 9.17) is 4.74 Å². The first-order valence-electron chi connectivity index (χ1n) is 8.57. The molecule has 1 aromatic carbocycles. The van der Waals surface area contributed by atoms with E-state index in [1.165, 1.54) is 11.0 Å². The first kappa shape index (κ1) is 17.3. The van der Waals surface area contributed by atoms with E-state index in [-0.39, 0.29) is 6.04 Å². The molecule has 3 rings (SSSR count). The van der Waals surface area contributed by atoms with Crippen molar-refractivity contribution in [1.82, 2.24) is 9.80 Å². The van der Waals surface area contributed by atoms with Gasteiger partial charge in [-0.2, -0.15) is 0 Å². The predicted molar refractivity (Wildman–Crippen MR) is 86.8 cm³/mol. The zero-order chi connectivity index (χ0) is 17.1. The molecule has 0 aromatic heterocycles. The van der Waals surface area contributed by atoms with Gasteiger partial charge < -0.3 is 14.5 Å². The number of benzene rings is 1. The lowest BCUT2D eigenvalue weighted by atomic mass is 10.0. The maximum Gasteiger partial charge on any atom is 0.259 e. The summed E-state index contributed by atoms with van der Waals surface area (Å²) in [5, 5.41) is 0. The molecule has 0 saturated carbocycles. The average Bonchev–Trinajstić information content (AvgIpc) is 3.07. The summed E-state index contributed by atoms with van der Waals surface area (Å²) in [7, 11) is 1.64. The molecule has 6 heteroatoms. The minimum atomic E-state index is -0.800. The van der Waals surface area contributed by atoms with Gasteiger partial charge in [0, 0.05) is 39.3 Å². The molecule has 1 atom stereocenters. The molecule has 1 aromatic rings. The predicted octanol–water partition coefficient (Wildman–Crippen LogP) is 2.54. The number of piperidine rings is 1. The first-order valence-corrected chi connectivity index (χ1v) is 8.57. The summed E-state index contributed by atoms with van der Waals surface area (Å²) in [6, 6.07) is 3.53. The van der Waals surface area contributed by atoms with E-state index in [9.17, 15) is 13.6 Å². The Morgan fingerprint density at radius 3 is 2.50 bits per heavy atom. The molecule has 1 amide bonds. The Hall–Kier alpha value is -1.53. The van der Waals surface area contributed by atoms with Gasteiger partial charge in [0.05, 0.1) is 6.61 Å². The topological polar surface area (TPSA) is 32.8 Å². The van der Waals surface area contributed by atoms with Crippen LogP contribution in [0.25, 0.3) is 0 Å². The fourth-order valence-corrected chi connectivity index (χ4v) is 3.63. The molecule has 4 nitrogen and oxygen atoms in total. The number of carbonyl (C=O) groups excluding carboxylic acids is 1. The largest absolute Gasteiger partial charge is 0.381 e. The van der Waals surface area contributed by atoms with Gasteiger partial charge in [-0.3, -0.25) is 4.79 Å². The molecule has 0 spiro atoms. The summed E-state index contributed by atoms with van der Waals surface area (Å²) < 4.78 is 33.0. The Morgan fingerprint density at radius 2 is 1.92 bits per heavy atom. The molecular weight excluding hydrogens is 314 g/mol. The number of rotatable bonds is 4. The second-order valence-electron chi connectivity index (χ2n) is 6.77. The quantitative estimate of drug-likeness (QED) is 0.846. The average molecular weight is 338 g/mol. The van der Waals surface area contributed by atoms with Crippen LogP contribution < -0.4 is 0 Å². The second kappa shape index (κ2) is 7.57. The molecule has 2 saturated heterocycles. The van der Waals surface area contributed by atoms with Crippen molar-refractivity contribution in [2.45, 2.75) is 25.3 Å². The highest BCUT2D eigenvalue weighted by atomic mass is 19.1. The van der Waals surface area contributed by atoms with Crippen molar-refractivity contribution in [2.75, 3.05) is 39.9 Å². The van der Waals surface area contributed by atoms with E-state index < -0.39 is 23.1 Å². The summed E-state index contributed by atoms with van der Waals surface area (Å²) in [5.41, 5.74) is -0.453. The number of carbonyl (C=O) groups is 1. The van der Waals surface area contributed by atoms with Gasteiger partial charge in [-0.05, 0) is 37.3 Å². The molecule has 132 valence electrons. The number of hydrogen-bond donors (Lipinski definition) is 0. The Kier molecular flexibility index (Phi) is 5.46. The number of hydrogen-bond acceptors (Lipinski definition) is 3. The van der Waals surface area contributed by atoms with Crippen molar-refractivity contribution in [2.24, 2.45) is 5.92 Å². The third-order valence-corrected chi connectivity index (χ3v) is 5.14. The monoisotopic (exact) mass is 338 g/mol. The molecular formula is C18H24F2N2O2. The van der Waals surface area contributed by atoms with Gasteiger partial charge >= 0.3 is 0 Å². The van der Waals surface area contributed by atoms with Crippen LogP contribution in [-0.4, -0.2) is 61.6 Å². The van der Waals surface area contributed by atoms with E-state index in [2.05, 4.69) is 4.90 Å². The van der Waals surface area contributed by atoms with Gasteiger partial charge in [0.25, 0.3) is 5.91 Å². The maximum atomic E-state index is 13.8. The van der Waals surface area contributed by atoms with Crippen molar-refractivity contribution in [1.29, 1.82) is 0 Å². The Labute approximate surface area is 141 Å². The van der Waals surface area contributed by atoms with Gasteiger partial charge in [-0.25, -0.2) is 8.78 Å². The van der Waals surface area contributed by atoms with Crippen LogP contribution in [0.2, 0.25) is 0 Å². The van der Waals surface area contributed by atoms with Gasteiger partial charge in [-0.1, -0.05) is 6.07 Å². The van der Waals surface area contributed by atoms with Crippen LogP contribution in [0.5, 0.6) is 0 Å². The number of halogens is 2. The molecule has 0 bridgehead atoms. The standard InChI is InChI=1S/C18H24F2N2O2/c1-21(18(23)17-15(19)3-2-4-16(17)20)14-5-8-22(9-6-14)11-13-7-10-24-12-13/h2-4,13-14H,5-12H2,1H3/t13-/m1/s1. The van der Waals surface area contributed by atoms with Crippen LogP contribution in [0.4, 0.5) is 8.78 Å². The number of nitrogens with zero attached hydrogens (tertiary/aromatic N) is 2. The summed E-state index contributed by atoms with van der Waals surface area (Å²) in [4.78, 5) is 16.4. The Balaban J connectivity index is 1.56. The minimum absolute atomic E-state index is 0.0209. The number of amides is 1. The van der Waals surface area contributed by atoms with Crippen molar-refractivity contribution in [3.05, 3.63) is 35.4 Å². The van der Waals surface area contributed by atoms with Gasteiger partial charge in [0.1, 0.15) is 17.2 Å². The van der Waals surface area contributed by atoms with Crippen molar-refractivity contribution >= 4 is 5.91 Å². The summed E-state index contributed by atoms with van der Waals surface area (Å²) in [6.45, 7) is 4.53. The molecule has 24 heavy (non-hydrogen) atoms. The fraction of sp³-hybridized carbons (Fsp3) is 0.611. The molecule has 2 heterocycles. The molecule has 0 unspecified atom stereocenters. The van der Waals surface area contributed by atoms with E-state index in [1.54, 1.807) is 7.05 Å². The van der Waals surface area contributed by atoms with Crippen LogP contribution in [0.15, 0.2) is 18.2 Å². The Morgan fingerprint density at radius 1 is 1.25 bits per heavy atom. The highest BCUT2D eigenvalue weighted by molar-refractivity contribution is 5.94. The zero-order valence-electron chi connectivity index (χ0n) is 14.0. The van der Waals surface area contributed by atoms with Crippen LogP contribution in [0.3, 0.4) is 0 Å². The highest BCUT2D eigenvalue weighted by Gasteiger charge is 2.30. The lowest BCUT2D eigenvalue weighted by Gasteiger charge is -2.37. The Bertz CT molecular complexity index is 562. The van der Waals surface area contributed by atoms with Crippen LogP contribution in [0.1, 0.15) is 29.6 Å². The van der Waals surface area contributed by atoms with E-state index in [0.717, 1.165) is 64.2 Å². The molecule has 0 N–H and O–H groups in total. The van der Waals surface area contributed by atoms with E-state index in [0.29, 0.717) is 5.92 Å². The van der Waals surface area contributed by atoms with Crippen molar-refractivity contribution in [3.8, 4) is 0 Å². The van der Waals surface area contributed by atoms with Crippen LogP contribution in [-0.2, 0) is 4.74 Å². The fourth-order valence-electron chi connectivity index (χ4n) is 3.63. The molecule has 2 aliphatic rings. The van der Waals surface area contributed by atoms with E-state index in [1.807, 2.05) is 0 Å². The van der Waals surface area contributed by atoms with Crippen LogP contribution >= 0.6 is 0 Å². The number of likely N-dealkylation sites (tertiary alicyclic amines) is 1.